The highest BCUT2D eigenvalue weighted by atomic mass is 32.1. The monoisotopic (exact) mass is 292 g/mol. The third-order valence-electron chi connectivity index (χ3n) is 3.41. The zero-order valence-corrected chi connectivity index (χ0v) is 11.9. The highest BCUT2D eigenvalue weighted by Crippen LogP contribution is 2.31. The lowest BCUT2D eigenvalue weighted by Crippen LogP contribution is -1.94. The Morgan fingerprint density at radius 2 is 1.71 bits per heavy atom. The molecule has 2 aromatic heterocycles. The molecule has 102 valence electrons. The van der Waals surface area contributed by atoms with Crippen molar-refractivity contribution >= 4 is 22.4 Å². The van der Waals surface area contributed by atoms with Gasteiger partial charge in [0.25, 0.3) is 0 Å². The second-order valence-corrected chi connectivity index (χ2v) is 5.68. The fourth-order valence-electron chi connectivity index (χ4n) is 2.45. The summed E-state index contributed by atoms with van der Waals surface area (Å²) in [7, 11) is 0. The van der Waals surface area contributed by atoms with Gasteiger partial charge in [0.1, 0.15) is 16.6 Å². The summed E-state index contributed by atoms with van der Waals surface area (Å²) in [5.41, 5.74) is 3.04. The van der Waals surface area contributed by atoms with Crippen molar-refractivity contribution in [3.8, 4) is 22.1 Å². The van der Waals surface area contributed by atoms with Crippen LogP contribution < -0.4 is 0 Å². The van der Waals surface area contributed by atoms with Gasteiger partial charge >= 0.3 is 0 Å². The predicted octanol–water partition coefficient (Wildman–Crippen LogP) is 4.46. The Hall–Kier alpha value is -2.59. The van der Waals surface area contributed by atoms with Crippen LogP contribution in [0.4, 0.5) is 0 Å². The van der Waals surface area contributed by atoms with Crippen LogP contribution in [0.3, 0.4) is 0 Å². The van der Waals surface area contributed by atoms with Crippen LogP contribution in [0.15, 0.2) is 66.0 Å². The molecule has 2 aromatic carbocycles. The van der Waals surface area contributed by atoms with E-state index in [0.717, 1.165) is 27.4 Å². The summed E-state index contributed by atoms with van der Waals surface area (Å²) in [6.07, 6.45) is 0. The van der Waals surface area contributed by atoms with Gasteiger partial charge < -0.3 is 5.11 Å². The number of benzene rings is 2. The molecule has 1 N–H and O–H groups in total. The van der Waals surface area contributed by atoms with Gasteiger partial charge in [-0.25, -0.2) is 4.98 Å². The lowest BCUT2D eigenvalue weighted by Gasteiger charge is -2.06. The molecule has 4 heteroatoms. The zero-order chi connectivity index (χ0) is 14.2. The number of aromatic nitrogens is 2. The van der Waals surface area contributed by atoms with E-state index in [1.807, 2.05) is 36.4 Å². The van der Waals surface area contributed by atoms with E-state index in [1.165, 1.54) is 0 Å². The number of aromatic hydroxyl groups is 1. The van der Waals surface area contributed by atoms with Gasteiger partial charge in [0, 0.05) is 5.56 Å². The van der Waals surface area contributed by atoms with Crippen molar-refractivity contribution < 1.29 is 5.11 Å². The van der Waals surface area contributed by atoms with Crippen LogP contribution in [-0.4, -0.2) is 14.7 Å². The molecule has 0 fully saturated rings. The number of imidazole rings is 1. The first-order valence-corrected chi connectivity index (χ1v) is 7.52. The minimum Gasteiger partial charge on any atom is -0.508 e. The van der Waals surface area contributed by atoms with E-state index in [0.29, 0.717) is 0 Å². The number of thiophene rings is 1. The molecule has 0 spiro atoms. The van der Waals surface area contributed by atoms with E-state index < -0.39 is 0 Å². The molecule has 0 aliphatic heterocycles. The number of hydrogen-bond acceptors (Lipinski definition) is 3. The molecule has 0 bridgehead atoms. The first-order valence-electron chi connectivity index (χ1n) is 6.64. The standard InChI is InChI=1S/C17H12N2OS/c20-13-9-7-12(8-10-13)17-18-14-4-1-2-5-15(14)19(17)16-6-3-11-21-16/h1-11,20H. The number of para-hydroxylation sites is 2. The van der Waals surface area contributed by atoms with Crippen molar-refractivity contribution in [3.05, 3.63) is 66.0 Å². The summed E-state index contributed by atoms with van der Waals surface area (Å²) in [5, 5.41) is 12.7. The molecule has 4 rings (SSSR count). The number of phenols is 1. The Morgan fingerprint density at radius 1 is 0.905 bits per heavy atom. The molecule has 0 atom stereocenters. The Morgan fingerprint density at radius 3 is 2.48 bits per heavy atom. The summed E-state index contributed by atoms with van der Waals surface area (Å²) in [6.45, 7) is 0. The molecule has 0 amide bonds. The van der Waals surface area contributed by atoms with Gasteiger partial charge in [-0.3, -0.25) is 4.57 Å². The maximum atomic E-state index is 9.47. The van der Waals surface area contributed by atoms with Crippen molar-refractivity contribution in [3.63, 3.8) is 0 Å². The average molecular weight is 292 g/mol. The van der Waals surface area contributed by atoms with Crippen molar-refractivity contribution in [1.82, 2.24) is 9.55 Å². The van der Waals surface area contributed by atoms with Crippen LogP contribution in [0.5, 0.6) is 5.75 Å². The fraction of sp³-hybridized carbons (Fsp3) is 0. The zero-order valence-electron chi connectivity index (χ0n) is 11.1. The first-order chi connectivity index (χ1) is 10.3. The third-order valence-corrected chi connectivity index (χ3v) is 4.27. The highest BCUT2D eigenvalue weighted by molar-refractivity contribution is 7.12. The molecule has 0 radical (unpaired) electrons. The van der Waals surface area contributed by atoms with Gasteiger partial charge in [-0.05, 0) is 53.9 Å². The minimum atomic E-state index is 0.262. The van der Waals surface area contributed by atoms with Gasteiger partial charge in [-0.15, -0.1) is 11.3 Å². The Labute approximate surface area is 125 Å². The van der Waals surface area contributed by atoms with E-state index in [-0.39, 0.29) is 5.75 Å². The van der Waals surface area contributed by atoms with E-state index in [9.17, 15) is 5.11 Å². The number of fused-ring (bicyclic) bond motifs is 1. The molecule has 0 unspecified atom stereocenters. The van der Waals surface area contributed by atoms with Crippen LogP contribution in [0.25, 0.3) is 27.4 Å². The third kappa shape index (κ3) is 2.00. The second kappa shape index (κ2) is 4.75. The lowest BCUT2D eigenvalue weighted by molar-refractivity contribution is 0.475. The molecule has 21 heavy (non-hydrogen) atoms. The number of rotatable bonds is 2. The summed E-state index contributed by atoms with van der Waals surface area (Å²) >= 11 is 1.68. The number of nitrogens with zero attached hydrogens (tertiary/aromatic N) is 2. The van der Waals surface area contributed by atoms with Gasteiger partial charge in [0.05, 0.1) is 11.0 Å². The van der Waals surface area contributed by atoms with E-state index >= 15 is 0 Å². The number of phenolic OH excluding ortho intramolecular Hbond substituents is 1. The van der Waals surface area contributed by atoms with Crippen molar-refractivity contribution in [1.29, 1.82) is 0 Å². The summed E-state index contributed by atoms with van der Waals surface area (Å²) < 4.78 is 2.16. The molecule has 0 aliphatic carbocycles. The van der Waals surface area contributed by atoms with Gasteiger partial charge in [-0.1, -0.05) is 12.1 Å². The van der Waals surface area contributed by atoms with Gasteiger partial charge in [-0.2, -0.15) is 0 Å². The fourth-order valence-corrected chi connectivity index (χ4v) is 3.19. The van der Waals surface area contributed by atoms with E-state index in [4.69, 9.17) is 4.98 Å². The number of hydrogen-bond donors (Lipinski definition) is 1. The molecule has 0 saturated heterocycles. The minimum absolute atomic E-state index is 0.262. The normalized spacial score (nSPS) is 11.0. The molecule has 3 nitrogen and oxygen atoms in total. The largest absolute Gasteiger partial charge is 0.508 e. The van der Waals surface area contributed by atoms with E-state index in [2.05, 4.69) is 22.1 Å². The molecule has 0 saturated carbocycles. The highest BCUT2D eigenvalue weighted by Gasteiger charge is 2.14. The molecule has 0 aliphatic rings. The summed E-state index contributed by atoms with van der Waals surface area (Å²) in [6, 6.07) is 19.4. The quantitative estimate of drug-likeness (QED) is 0.592. The maximum absolute atomic E-state index is 9.47. The molecular weight excluding hydrogens is 280 g/mol. The SMILES string of the molecule is Oc1ccc(-c2nc3ccccc3n2-c2cccs2)cc1. The molecule has 4 aromatic rings. The van der Waals surface area contributed by atoms with Crippen LogP contribution >= 0.6 is 11.3 Å². The van der Waals surface area contributed by atoms with Crippen LogP contribution in [0, 0.1) is 0 Å². The van der Waals surface area contributed by atoms with Crippen molar-refractivity contribution in [2.45, 2.75) is 0 Å². The maximum Gasteiger partial charge on any atom is 0.146 e. The Bertz CT molecular complexity index is 892. The summed E-state index contributed by atoms with van der Waals surface area (Å²) in [5.74, 6) is 1.15. The molecule has 2 heterocycles. The van der Waals surface area contributed by atoms with Crippen LogP contribution in [0.1, 0.15) is 0 Å². The van der Waals surface area contributed by atoms with Gasteiger partial charge in [0.15, 0.2) is 0 Å². The van der Waals surface area contributed by atoms with Crippen molar-refractivity contribution in [2.75, 3.05) is 0 Å². The van der Waals surface area contributed by atoms with Gasteiger partial charge in [0.2, 0.25) is 0 Å². The first kappa shape index (κ1) is 12.2. The lowest BCUT2D eigenvalue weighted by atomic mass is 10.2. The topological polar surface area (TPSA) is 38.1 Å². The second-order valence-electron chi connectivity index (χ2n) is 4.76. The Balaban J connectivity index is 2.04. The van der Waals surface area contributed by atoms with E-state index in [1.54, 1.807) is 23.5 Å². The summed E-state index contributed by atoms with van der Waals surface area (Å²) in [4.78, 5) is 4.76. The average Bonchev–Trinajstić information content (AvgIpc) is 3.14. The van der Waals surface area contributed by atoms with Crippen molar-refractivity contribution in [2.24, 2.45) is 0 Å². The van der Waals surface area contributed by atoms with Crippen LogP contribution in [0.2, 0.25) is 0 Å². The smallest absolute Gasteiger partial charge is 0.146 e. The molecular formula is C17H12N2OS. The Kier molecular flexibility index (Phi) is 2.75. The predicted molar refractivity (Wildman–Crippen MR) is 86.0 cm³/mol. The van der Waals surface area contributed by atoms with Crippen LogP contribution in [-0.2, 0) is 0 Å².